The molecule has 1 rings (SSSR count). The Morgan fingerprint density at radius 1 is 1.47 bits per heavy atom. The van der Waals surface area contributed by atoms with Crippen LogP contribution in [0.1, 0.15) is 12.5 Å². The second-order valence-electron chi connectivity index (χ2n) is 3.13. The lowest BCUT2D eigenvalue weighted by Gasteiger charge is -2.03. The molecule has 0 aliphatic rings. The number of nitrogens with one attached hydrogen (secondary N) is 1. The van der Waals surface area contributed by atoms with Gasteiger partial charge in [-0.2, -0.15) is 0 Å². The Kier molecular flexibility index (Phi) is 4.37. The van der Waals surface area contributed by atoms with Crippen LogP contribution < -0.4 is 11.2 Å². The summed E-state index contributed by atoms with van der Waals surface area (Å²) >= 11 is 0. The molecule has 4 heteroatoms. The van der Waals surface area contributed by atoms with Crippen LogP contribution in [0.5, 0.6) is 0 Å². The van der Waals surface area contributed by atoms with Gasteiger partial charge in [0.1, 0.15) is 0 Å². The number of hydroxylamine groups is 1. The van der Waals surface area contributed by atoms with Crippen LogP contribution >= 0.6 is 0 Å². The minimum atomic E-state index is -0.356. The van der Waals surface area contributed by atoms with E-state index in [4.69, 9.17) is 10.6 Å². The van der Waals surface area contributed by atoms with Gasteiger partial charge < -0.3 is 5.73 Å². The first-order valence-corrected chi connectivity index (χ1v) is 4.58. The molecule has 0 aliphatic carbocycles. The standard InChI is InChI=1S/C11H14N2O2/c1-9(12)7-11(14)13-15-8-10-5-3-2-4-6-10/h2-7H,8,12H2,1H3,(H,13,14)/b9-7+. The Bertz CT molecular complexity index is 343. The predicted molar refractivity (Wildman–Crippen MR) is 57.3 cm³/mol. The number of hydrogen-bond donors (Lipinski definition) is 2. The third-order valence-electron chi connectivity index (χ3n) is 1.61. The van der Waals surface area contributed by atoms with Gasteiger partial charge in [-0.1, -0.05) is 30.3 Å². The van der Waals surface area contributed by atoms with Crippen molar-refractivity contribution in [2.24, 2.45) is 5.73 Å². The molecule has 0 bridgehead atoms. The van der Waals surface area contributed by atoms with Gasteiger partial charge in [0.2, 0.25) is 0 Å². The fourth-order valence-corrected chi connectivity index (χ4v) is 1.00. The zero-order valence-electron chi connectivity index (χ0n) is 8.57. The Balaban J connectivity index is 2.28. The molecule has 0 fully saturated rings. The maximum Gasteiger partial charge on any atom is 0.269 e. The minimum Gasteiger partial charge on any atom is -0.402 e. The van der Waals surface area contributed by atoms with E-state index >= 15 is 0 Å². The number of carbonyl (C=O) groups excluding carboxylic acids is 1. The quantitative estimate of drug-likeness (QED) is 0.572. The molecule has 80 valence electrons. The second kappa shape index (κ2) is 5.82. The van der Waals surface area contributed by atoms with Crippen molar-refractivity contribution in [2.45, 2.75) is 13.5 Å². The van der Waals surface area contributed by atoms with E-state index in [1.807, 2.05) is 30.3 Å². The molecular formula is C11H14N2O2. The first kappa shape index (κ1) is 11.3. The van der Waals surface area contributed by atoms with Crippen LogP contribution in [-0.4, -0.2) is 5.91 Å². The summed E-state index contributed by atoms with van der Waals surface area (Å²) in [6.45, 7) is 1.97. The topological polar surface area (TPSA) is 64.4 Å². The zero-order chi connectivity index (χ0) is 11.1. The van der Waals surface area contributed by atoms with E-state index < -0.39 is 0 Å². The molecule has 1 amide bonds. The normalized spacial score (nSPS) is 11.1. The molecule has 15 heavy (non-hydrogen) atoms. The highest BCUT2D eigenvalue weighted by Gasteiger charge is 1.96. The van der Waals surface area contributed by atoms with Gasteiger partial charge in [-0.05, 0) is 12.5 Å². The van der Waals surface area contributed by atoms with E-state index in [1.54, 1.807) is 6.92 Å². The average molecular weight is 206 g/mol. The summed E-state index contributed by atoms with van der Waals surface area (Å²) in [6, 6.07) is 9.56. The van der Waals surface area contributed by atoms with E-state index in [9.17, 15) is 4.79 Å². The molecular weight excluding hydrogens is 192 g/mol. The van der Waals surface area contributed by atoms with Crippen LogP contribution in [-0.2, 0) is 16.2 Å². The summed E-state index contributed by atoms with van der Waals surface area (Å²) in [7, 11) is 0. The summed E-state index contributed by atoms with van der Waals surface area (Å²) in [5, 5.41) is 0. The molecule has 0 aliphatic heterocycles. The zero-order valence-corrected chi connectivity index (χ0v) is 8.57. The summed E-state index contributed by atoms with van der Waals surface area (Å²) in [5.41, 5.74) is 9.02. The first-order chi connectivity index (χ1) is 7.18. The average Bonchev–Trinajstić information content (AvgIpc) is 2.18. The molecule has 0 saturated heterocycles. The number of rotatable bonds is 4. The van der Waals surface area contributed by atoms with E-state index in [-0.39, 0.29) is 5.91 Å². The van der Waals surface area contributed by atoms with Gasteiger partial charge in [-0.15, -0.1) is 0 Å². The molecule has 0 aromatic heterocycles. The van der Waals surface area contributed by atoms with E-state index in [1.165, 1.54) is 6.08 Å². The summed E-state index contributed by atoms with van der Waals surface area (Å²) in [4.78, 5) is 16.0. The lowest BCUT2D eigenvalue weighted by Crippen LogP contribution is -2.22. The van der Waals surface area contributed by atoms with Crippen molar-refractivity contribution in [1.82, 2.24) is 5.48 Å². The SMILES string of the molecule is C/C(N)=C\C(=O)NOCc1ccccc1. The molecule has 4 nitrogen and oxygen atoms in total. The van der Waals surface area contributed by atoms with Gasteiger partial charge in [-0.3, -0.25) is 9.63 Å². The third kappa shape index (κ3) is 4.83. The number of benzene rings is 1. The fraction of sp³-hybridized carbons (Fsp3) is 0.182. The Morgan fingerprint density at radius 2 is 2.13 bits per heavy atom. The third-order valence-corrected chi connectivity index (χ3v) is 1.61. The van der Waals surface area contributed by atoms with Crippen molar-refractivity contribution >= 4 is 5.91 Å². The summed E-state index contributed by atoms with van der Waals surface area (Å²) < 4.78 is 0. The molecule has 0 saturated carbocycles. The second-order valence-corrected chi connectivity index (χ2v) is 3.13. The Labute approximate surface area is 88.7 Å². The molecule has 0 heterocycles. The summed E-state index contributed by atoms with van der Waals surface area (Å²) in [5.74, 6) is -0.356. The van der Waals surface area contributed by atoms with Crippen LogP contribution in [0.25, 0.3) is 0 Å². The van der Waals surface area contributed by atoms with Gasteiger partial charge in [0, 0.05) is 11.8 Å². The lowest BCUT2D eigenvalue weighted by molar-refractivity contribution is -0.129. The van der Waals surface area contributed by atoms with Crippen molar-refractivity contribution in [3.63, 3.8) is 0 Å². The maximum atomic E-state index is 11.1. The highest BCUT2D eigenvalue weighted by atomic mass is 16.6. The molecule has 0 radical (unpaired) electrons. The Hall–Kier alpha value is -1.81. The van der Waals surface area contributed by atoms with Crippen molar-refractivity contribution in [1.29, 1.82) is 0 Å². The van der Waals surface area contributed by atoms with E-state index in [0.717, 1.165) is 5.56 Å². The fourth-order valence-electron chi connectivity index (χ4n) is 1.00. The van der Waals surface area contributed by atoms with Crippen LogP contribution in [0.4, 0.5) is 0 Å². The molecule has 1 aromatic carbocycles. The maximum absolute atomic E-state index is 11.1. The number of amides is 1. The van der Waals surface area contributed by atoms with Gasteiger partial charge >= 0.3 is 0 Å². The highest BCUT2D eigenvalue weighted by molar-refractivity contribution is 5.87. The number of allylic oxidation sites excluding steroid dienone is 1. The van der Waals surface area contributed by atoms with Crippen LogP contribution in [0.3, 0.4) is 0 Å². The van der Waals surface area contributed by atoms with Crippen molar-refractivity contribution < 1.29 is 9.63 Å². The monoisotopic (exact) mass is 206 g/mol. The molecule has 3 N–H and O–H groups in total. The molecule has 0 spiro atoms. The smallest absolute Gasteiger partial charge is 0.269 e. The van der Waals surface area contributed by atoms with Gasteiger partial charge in [0.15, 0.2) is 0 Å². The highest BCUT2D eigenvalue weighted by Crippen LogP contribution is 1.98. The van der Waals surface area contributed by atoms with Crippen molar-refractivity contribution in [2.75, 3.05) is 0 Å². The number of nitrogens with two attached hydrogens (primary N) is 1. The molecule has 0 atom stereocenters. The minimum absolute atomic E-state index is 0.337. The van der Waals surface area contributed by atoms with Crippen LogP contribution in [0, 0.1) is 0 Å². The van der Waals surface area contributed by atoms with Crippen LogP contribution in [0.15, 0.2) is 42.1 Å². The molecule has 1 aromatic rings. The van der Waals surface area contributed by atoms with Gasteiger partial charge in [0.05, 0.1) is 6.61 Å². The first-order valence-electron chi connectivity index (χ1n) is 4.58. The van der Waals surface area contributed by atoms with Crippen molar-refractivity contribution in [3.05, 3.63) is 47.7 Å². The van der Waals surface area contributed by atoms with Crippen LogP contribution in [0.2, 0.25) is 0 Å². The van der Waals surface area contributed by atoms with Gasteiger partial charge in [0.25, 0.3) is 5.91 Å². The lowest BCUT2D eigenvalue weighted by atomic mass is 10.2. The van der Waals surface area contributed by atoms with Gasteiger partial charge in [-0.25, -0.2) is 5.48 Å². The van der Waals surface area contributed by atoms with E-state index in [0.29, 0.717) is 12.3 Å². The van der Waals surface area contributed by atoms with Crippen molar-refractivity contribution in [3.8, 4) is 0 Å². The number of hydrogen-bond acceptors (Lipinski definition) is 3. The largest absolute Gasteiger partial charge is 0.402 e. The number of carbonyl (C=O) groups is 1. The predicted octanol–water partition coefficient (Wildman–Crippen LogP) is 1.10. The molecule has 0 unspecified atom stereocenters. The Morgan fingerprint density at radius 3 is 2.73 bits per heavy atom. The van der Waals surface area contributed by atoms with E-state index in [2.05, 4.69) is 5.48 Å². The summed E-state index contributed by atoms with van der Waals surface area (Å²) in [6.07, 6.45) is 1.27.